The summed E-state index contributed by atoms with van der Waals surface area (Å²) < 4.78 is 15.3. The lowest BCUT2D eigenvalue weighted by molar-refractivity contribution is 0.0571. The van der Waals surface area contributed by atoms with Gasteiger partial charge in [-0.25, -0.2) is 14.1 Å². The highest BCUT2D eigenvalue weighted by molar-refractivity contribution is 7.13. The van der Waals surface area contributed by atoms with E-state index in [-0.39, 0.29) is 42.0 Å². The number of aromatic nitrogens is 3. The first-order chi connectivity index (χ1) is 13.5. The van der Waals surface area contributed by atoms with Crippen molar-refractivity contribution in [2.24, 2.45) is 5.73 Å². The van der Waals surface area contributed by atoms with Crippen LogP contribution in [-0.2, 0) is 0 Å². The van der Waals surface area contributed by atoms with Crippen molar-refractivity contribution in [3.63, 3.8) is 0 Å². The molecule has 3 aromatic rings. The minimum absolute atomic E-state index is 0. The number of halogens is 2. The van der Waals surface area contributed by atoms with Gasteiger partial charge in [-0.05, 0) is 55.8 Å². The minimum atomic E-state index is -0.369. The number of hydrogen-bond donors (Lipinski definition) is 1. The molecule has 1 fully saturated rings. The van der Waals surface area contributed by atoms with Crippen LogP contribution in [-0.4, -0.2) is 44.2 Å². The Morgan fingerprint density at radius 3 is 2.83 bits per heavy atom. The molecule has 3 heterocycles. The molecule has 6 nitrogen and oxygen atoms in total. The van der Waals surface area contributed by atoms with Gasteiger partial charge >= 0.3 is 0 Å². The van der Waals surface area contributed by atoms with Crippen LogP contribution in [0.15, 0.2) is 41.8 Å². The summed E-state index contributed by atoms with van der Waals surface area (Å²) in [7, 11) is 0. The van der Waals surface area contributed by atoms with Crippen molar-refractivity contribution in [3.05, 3.63) is 53.4 Å². The summed E-state index contributed by atoms with van der Waals surface area (Å²) in [5.41, 5.74) is 6.64. The fraction of sp³-hybridized carbons (Fsp3) is 0.350. The number of benzene rings is 1. The molecule has 1 aliphatic heterocycles. The SMILES string of the molecule is CC(N)C1CCCCN1C(=O)c1nc(-c2cccs2)n(-c2cccc(F)c2)n1.Cl. The molecule has 0 bridgehead atoms. The number of carbonyl (C=O) groups is 1. The smallest absolute Gasteiger partial charge is 0.293 e. The van der Waals surface area contributed by atoms with Gasteiger partial charge < -0.3 is 10.6 Å². The molecule has 29 heavy (non-hydrogen) atoms. The Bertz CT molecular complexity index is 975. The molecule has 4 rings (SSSR count). The Kier molecular flexibility index (Phi) is 6.66. The summed E-state index contributed by atoms with van der Waals surface area (Å²) in [6.07, 6.45) is 2.88. The van der Waals surface area contributed by atoms with Crippen LogP contribution in [0.3, 0.4) is 0 Å². The van der Waals surface area contributed by atoms with Crippen LogP contribution in [0.1, 0.15) is 36.8 Å². The average Bonchev–Trinajstić information content (AvgIpc) is 3.37. The van der Waals surface area contributed by atoms with E-state index in [1.807, 2.05) is 24.4 Å². The zero-order valence-corrected chi connectivity index (χ0v) is 17.6. The van der Waals surface area contributed by atoms with Crippen molar-refractivity contribution in [1.29, 1.82) is 0 Å². The quantitative estimate of drug-likeness (QED) is 0.674. The van der Waals surface area contributed by atoms with Gasteiger partial charge in [-0.2, -0.15) is 0 Å². The van der Waals surface area contributed by atoms with Gasteiger partial charge in [0.05, 0.1) is 10.6 Å². The second-order valence-corrected chi connectivity index (χ2v) is 8.00. The van der Waals surface area contributed by atoms with Crippen LogP contribution in [0.25, 0.3) is 16.4 Å². The lowest BCUT2D eigenvalue weighted by Crippen LogP contribution is -2.51. The topological polar surface area (TPSA) is 77.0 Å². The van der Waals surface area contributed by atoms with E-state index in [0.29, 0.717) is 18.1 Å². The average molecular weight is 436 g/mol. The number of carbonyl (C=O) groups excluding carboxylic acids is 1. The van der Waals surface area contributed by atoms with Gasteiger partial charge in [0.15, 0.2) is 5.82 Å². The monoisotopic (exact) mass is 435 g/mol. The maximum Gasteiger partial charge on any atom is 0.293 e. The first kappa shape index (κ1) is 21.4. The largest absolute Gasteiger partial charge is 0.331 e. The standard InChI is InChI=1S/C20H22FN5OS.ClH/c1-13(22)16-8-2-3-10-25(16)20(27)18-23-19(17-9-5-11-28-17)26(24-18)15-7-4-6-14(21)12-15;/h4-7,9,11-13,16H,2-3,8,10,22H2,1H3;1H. The van der Waals surface area contributed by atoms with Crippen LogP contribution in [0.2, 0.25) is 0 Å². The fourth-order valence-corrected chi connectivity index (χ4v) is 4.34. The molecule has 2 aromatic heterocycles. The number of nitrogens with zero attached hydrogens (tertiary/aromatic N) is 4. The number of amides is 1. The van der Waals surface area contributed by atoms with Crippen molar-refractivity contribution in [2.75, 3.05) is 6.54 Å². The van der Waals surface area contributed by atoms with Gasteiger partial charge in [-0.3, -0.25) is 4.79 Å². The first-order valence-electron chi connectivity index (χ1n) is 9.38. The van der Waals surface area contributed by atoms with Crippen molar-refractivity contribution in [2.45, 2.75) is 38.3 Å². The first-order valence-corrected chi connectivity index (χ1v) is 10.3. The molecule has 1 amide bonds. The Morgan fingerprint density at radius 2 is 2.14 bits per heavy atom. The normalized spacial score (nSPS) is 17.6. The number of piperidine rings is 1. The van der Waals surface area contributed by atoms with Gasteiger partial charge in [0, 0.05) is 18.6 Å². The van der Waals surface area contributed by atoms with Gasteiger partial charge in [0.1, 0.15) is 5.82 Å². The lowest BCUT2D eigenvalue weighted by Gasteiger charge is -2.37. The summed E-state index contributed by atoms with van der Waals surface area (Å²) in [6, 6.07) is 9.79. The predicted octanol–water partition coefficient (Wildman–Crippen LogP) is 3.90. The molecule has 1 aliphatic rings. The van der Waals surface area contributed by atoms with Gasteiger partial charge in [0.25, 0.3) is 5.91 Å². The molecule has 2 unspecified atom stereocenters. The molecule has 1 aromatic carbocycles. The van der Waals surface area contributed by atoms with E-state index in [0.717, 1.165) is 24.1 Å². The number of nitrogens with two attached hydrogens (primary N) is 1. The number of rotatable bonds is 4. The third-order valence-electron chi connectivity index (χ3n) is 5.01. The summed E-state index contributed by atoms with van der Waals surface area (Å²) in [5.74, 6) is 0.0412. The highest BCUT2D eigenvalue weighted by Crippen LogP contribution is 2.27. The Balaban J connectivity index is 0.00000240. The van der Waals surface area contributed by atoms with Crippen LogP contribution in [0, 0.1) is 5.82 Å². The van der Waals surface area contributed by atoms with E-state index in [1.54, 1.807) is 17.0 Å². The maximum atomic E-state index is 13.8. The number of hydrogen-bond acceptors (Lipinski definition) is 5. The summed E-state index contributed by atoms with van der Waals surface area (Å²) in [5, 5.41) is 6.39. The third-order valence-corrected chi connectivity index (χ3v) is 5.88. The van der Waals surface area contributed by atoms with E-state index in [2.05, 4.69) is 10.1 Å². The Morgan fingerprint density at radius 1 is 1.31 bits per heavy atom. The molecule has 2 N–H and O–H groups in total. The van der Waals surface area contributed by atoms with Crippen LogP contribution >= 0.6 is 23.7 Å². The maximum absolute atomic E-state index is 13.8. The van der Waals surface area contributed by atoms with Crippen molar-refractivity contribution in [3.8, 4) is 16.4 Å². The highest BCUT2D eigenvalue weighted by atomic mass is 35.5. The summed E-state index contributed by atoms with van der Waals surface area (Å²) >= 11 is 1.49. The lowest BCUT2D eigenvalue weighted by atomic mass is 9.97. The molecule has 1 saturated heterocycles. The second-order valence-electron chi connectivity index (χ2n) is 7.05. The molecule has 154 valence electrons. The van der Waals surface area contributed by atoms with E-state index in [4.69, 9.17) is 5.73 Å². The Hall–Kier alpha value is -2.29. The zero-order chi connectivity index (χ0) is 19.7. The summed E-state index contributed by atoms with van der Waals surface area (Å²) in [4.78, 5) is 20.4. The van der Waals surface area contributed by atoms with Gasteiger partial charge in [-0.1, -0.05) is 12.1 Å². The fourth-order valence-electron chi connectivity index (χ4n) is 3.64. The van der Waals surface area contributed by atoms with Crippen LogP contribution in [0.4, 0.5) is 4.39 Å². The molecular weight excluding hydrogens is 413 g/mol. The highest BCUT2D eigenvalue weighted by Gasteiger charge is 2.32. The second kappa shape index (κ2) is 9.02. The van der Waals surface area contributed by atoms with E-state index in [1.165, 1.54) is 28.2 Å². The molecule has 9 heteroatoms. The Labute approximate surface area is 179 Å². The van der Waals surface area contributed by atoms with Crippen molar-refractivity contribution in [1.82, 2.24) is 19.7 Å². The van der Waals surface area contributed by atoms with Crippen molar-refractivity contribution < 1.29 is 9.18 Å². The summed E-state index contributed by atoms with van der Waals surface area (Å²) in [6.45, 7) is 2.57. The van der Waals surface area contributed by atoms with E-state index >= 15 is 0 Å². The molecule has 0 spiro atoms. The third kappa shape index (κ3) is 4.34. The molecule has 0 radical (unpaired) electrons. The van der Waals surface area contributed by atoms with Crippen LogP contribution < -0.4 is 5.73 Å². The van der Waals surface area contributed by atoms with E-state index in [9.17, 15) is 9.18 Å². The molecule has 0 aliphatic carbocycles. The van der Waals surface area contributed by atoms with Crippen LogP contribution in [0.5, 0.6) is 0 Å². The van der Waals surface area contributed by atoms with E-state index < -0.39 is 0 Å². The van der Waals surface area contributed by atoms with Crippen molar-refractivity contribution >= 4 is 29.7 Å². The number of thiophene rings is 1. The number of likely N-dealkylation sites (tertiary alicyclic amines) is 1. The predicted molar refractivity (Wildman–Crippen MR) is 114 cm³/mol. The minimum Gasteiger partial charge on any atom is -0.331 e. The zero-order valence-electron chi connectivity index (χ0n) is 16.0. The molecule has 2 atom stereocenters. The molecular formula is C20H23ClFN5OS. The van der Waals surface area contributed by atoms with Gasteiger partial charge in [-0.15, -0.1) is 28.8 Å². The molecule has 0 saturated carbocycles. The van der Waals surface area contributed by atoms with Gasteiger partial charge in [0.2, 0.25) is 5.82 Å².